The minimum atomic E-state index is -0.676. The molecule has 1 aliphatic carbocycles. The molecule has 6 nitrogen and oxygen atoms in total. The lowest BCUT2D eigenvalue weighted by molar-refractivity contribution is -0.0658. The number of halogens is 1. The SMILES string of the molecule is O=C(NO)c1cc(F)c2c(c1)CCN(C[C@@]13C[C@@H](CO1)N(C1CC1)C3)C2. The van der Waals surface area contributed by atoms with Gasteiger partial charge in [-0.1, -0.05) is 0 Å². The lowest BCUT2D eigenvalue weighted by Gasteiger charge is -2.38. The second kappa shape index (κ2) is 5.99. The molecule has 2 saturated heterocycles. The van der Waals surface area contributed by atoms with E-state index in [1.54, 1.807) is 11.5 Å². The van der Waals surface area contributed by atoms with Gasteiger partial charge in [-0.3, -0.25) is 19.8 Å². The average molecular weight is 361 g/mol. The molecule has 3 fully saturated rings. The number of fused-ring (bicyclic) bond motifs is 3. The summed E-state index contributed by atoms with van der Waals surface area (Å²) in [6.45, 7) is 4.04. The molecular weight excluding hydrogens is 337 g/mol. The molecule has 1 aromatic carbocycles. The second-order valence-electron chi connectivity index (χ2n) is 8.25. The van der Waals surface area contributed by atoms with E-state index in [0.717, 1.165) is 44.3 Å². The fraction of sp³-hybridized carbons (Fsp3) is 0.632. The first-order chi connectivity index (χ1) is 12.6. The monoisotopic (exact) mass is 361 g/mol. The Bertz CT molecular complexity index is 754. The predicted octanol–water partition coefficient (Wildman–Crippen LogP) is 1.31. The third-order valence-electron chi connectivity index (χ3n) is 6.39. The molecule has 0 spiro atoms. The van der Waals surface area contributed by atoms with Crippen LogP contribution >= 0.6 is 0 Å². The minimum Gasteiger partial charge on any atom is -0.371 e. The highest BCUT2D eigenvalue weighted by Gasteiger charge is 2.54. The van der Waals surface area contributed by atoms with Crippen LogP contribution in [-0.2, 0) is 17.7 Å². The highest BCUT2D eigenvalue weighted by Crippen LogP contribution is 2.44. The number of carbonyl (C=O) groups excluding carboxylic acids is 1. The Morgan fingerprint density at radius 2 is 2.23 bits per heavy atom. The summed E-state index contributed by atoms with van der Waals surface area (Å²) in [6, 6.07) is 4.22. The van der Waals surface area contributed by atoms with Gasteiger partial charge >= 0.3 is 0 Å². The second-order valence-corrected chi connectivity index (χ2v) is 8.25. The van der Waals surface area contributed by atoms with Crippen LogP contribution in [0.25, 0.3) is 0 Å². The van der Waals surface area contributed by atoms with E-state index >= 15 is 0 Å². The molecule has 7 heteroatoms. The lowest BCUT2D eigenvalue weighted by Crippen LogP contribution is -2.50. The molecule has 140 valence electrons. The average Bonchev–Trinajstić information content (AvgIpc) is 3.34. The number of hydrogen-bond donors (Lipinski definition) is 2. The number of hydrogen-bond acceptors (Lipinski definition) is 5. The third kappa shape index (κ3) is 2.74. The van der Waals surface area contributed by atoms with E-state index in [1.807, 2.05) is 0 Å². The fourth-order valence-corrected chi connectivity index (χ4v) is 5.01. The number of ether oxygens (including phenoxy) is 1. The van der Waals surface area contributed by atoms with Gasteiger partial charge in [0.15, 0.2) is 0 Å². The molecule has 0 unspecified atom stereocenters. The molecular formula is C19H24FN3O3. The number of amides is 1. The first-order valence-corrected chi connectivity index (χ1v) is 9.45. The summed E-state index contributed by atoms with van der Waals surface area (Å²) in [5.41, 5.74) is 3.15. The molecule has 3 heterocycles. The number of likely N-dealkylation sites (tertiary alicyclic amines) is 1. The Balaban J connectivity index is 1.31. The van der Waals surface area contributed by atoms with Crippen molar-refractivity contribution in [2.24, 2.45) is 0 Å². The number of nitrogens with zero attached hydrogens (tertiary/aromatic N) is 2. The van der Waals surface area contributed by atoms with E-state index in [2.05, 4.69) is 9.80 Å². The summed E-state index contributed by atoms with van der Waals surface area (Å²) in [4.78, 5) is 16.5. The van der Waals surface area contributed by atoms with Crippen molar-refractivity contribution in [3.63, 3.8) is 0 Å². The first kappa shape index (κ1) is 16.6. The van der Waals surface area contributed by atoms with Crippen molar-refractivity contribution in [3.05, 3.63) is 34.6 Å². The number of hydroxylamine groups is 1. The van der Waals surface area contributed by atoms with Gasteiger partial charge in [-0.05, 0) is 43.4 Å². The Kier molecular flexibility index (Phi) is 3.83. The molecule has 0 radical (unpaired) electrons. The highest BCUT2D eigenvalue weighted by molar-refractivity contribution is 5.93. The maximum atomic E-state index is 14.5. The normalized spacial score (nSPS) is 31.2. The number of benzene rings is 1. The van der Waals surface area contributed by atoms with Gasteiger partial charge in [0, 0.05) is 49.4 Å². The van der Waals surface area contributed by atoms with E-state index in [1.165, 1.54) is 18.9 Å². The van der Waals surface area contributed by atoms with Gasteiger partial charge in [0.1, 0.15) is 5.82 Å². The topological polar surface area (TPSA) is 65.0 Å². The molecule has 0 aromatic heterocycles. The molecule has 4 aliphatic rings. The molecule has 1 amide bonds. The van der Waals surface area contributed by atoms with Crippen LogP contribution in [0.3, 0.4) is 0 Å². The summed E-state index contributed by atoms with van der Waals surface area (Å²) >= 11 is 0. The smallest absolute Gasteiger partial charge is 0.274 e. The number of morpholine rings is 1. The maximum absolute atomic E-state index is 14.5. The van der Waals surface area contributed by atoms with Crippen LogP contribution in [0.1, 0.15) is 40.7 Å². The van der Waals surface area contributed by atoms with Gasteiger partial charge in [0.25, 0.3) is 5.91 Å². The maximum Gasteiger partial charge on any atom is 0.274 e. The summed E-state index contributed by atoms with van der Waals surface area (Å²) in [6.07, 6.45) is 4.42. The molecule has 1 aromatic rings. The number of carbonyl (C=O) groups is 1. The van der Waals surface area contributed by atoms with Crippen molar-refractivity contribution >= 4 is 5.91 Å². The zero-order valence-corrected chi connectivity index (χ0v) is 14.7. The minimum absolute atomic E-state index is 0.0993. The zero-order chi connectivity index (χ0) is 17.9. The van der Waals surface area contributed by atoms with Gasteiger partial charge in [-0.25, -0.2) is 9.87 Å². The van der Waals surface area contributed by atoms with Crippen LogP contribution in [-0.4, -0.2) is 64.8 Å². The molecule has 2 atom stereocenters. The van der Waals surface area contributed by atoms with E-state index in [4.69, 9.17) is 9.94 Å². The van der Waals surface area contributed by atoms with Crippen molar-refractivity contribution in [1.82, 2.24) is 15.3 Å². The highest BCUT2D eigenvalue weighted by atomic mass is 19.1. The molecule has 2 bridgehead atoms. The first-order valence-electron chi connectivity index (χ1n) is 9.45. The largest absolute Gasteiger partial charge is 0.371 e. The quantitative estimate of drug-likeness (QED) is 0.625. The van der Waals surface area contributed by atoms with Gasteiger partial charge in [0.05, 0.1) is 12.2 Å². The van der Waals surface area contributed by atoms with Crippen molar-refractivity contribution in [2.45, 2.75) is 49.9 Å². The zero-order valence-electron chi connectivity index (χ0n) is 14.7. The van der Waals surface area contributed by atoms with Crippen molar-refractivity contribution in [3.8, 4) is 0 Å². The van der Waals surface area contributed by atoms with Crippen LogP contribution < -0.4 is 5.48 Å². The van der Waals surface area contributed by atoms with Crippen molar-refractivity contribution in [1.29, 1.82) is 0 Å². The third-order valence-corrected chi connectivity index (χ3v) is 6.39. The molecule has 26 heavy (non-hydrogen) atoms. The van der Waals surface area contributed by atoms with E-state index in [-0.39, 0.29) is 17.0 Å². The van der Waals surface area contributed by atoms with E-state index in [0.29, 0.717) is 24.6 Å². The molecule has 3 aliphatic heterocycles. The van der Waals surface area contributed by atoms with Crippen LogP contribution in [0.2, 0.25) is 0 Å². The van der Waals surface area contributed by atoms with Crippen molar-refractivity contribution < 1.29 is 19.1 Å². The van der Waals surface area contributed by atoms with Gasteiger partial charge < -0.3 is 4.74 Å². The Hall–Kier alpha value is -1.54. The summed E-state index contributed by atoms with van der Waals surface area (Å²) in [7, 11) is 0. The Morgan fingerprint density at radius 3 is 3.00 bits per heavy atom. The van der Waals surface area contributed by atoms with E-state index < -0.39 is 5.91 Å². The van der Waals surface area contributed by atoms with E-state index in [9.17, 15) is 9.18 Å². The number of rotatable bonds is 4. The van der Waals surface area contributed by atoms with Gasteiger partial charge in [0.2, 0.25) is 0 Å². The summed E-state index contributed by atoms with van der Waals surface area (Å²) in [5, 5.41) is 8.76. The van der Waals surface area contributed by atoms with Gasteiger partial charge in [-0.2, -0.15) is 0 Å². The molecule has 1 saturated carbocycles. The fourth-order valence-electron chi connectivity index (χ4n) is 5.01. The summed E-state index contributed by atoms with van der Waals surface area (Å²) in [5.74, 6) is -1.05. The van der Waals surface area contributed by atoms with Crippen LogP contribution in [0.15, 0.2) is 12.1 Å². The predicted molar refractivity (Wildman–Crippen MR) is 91.4 cm³/mol. The van der Waals surface area contributed by atoms with Crippen LogP contribution in [0.5, 0.6) is 0 Å². The summed E-state index contributed by atoms with van der Waals surface area (Å²) < 4.78 is 20.7. The lowest BCUT2D eigenvalue weighted by atomic mass is 9.94. The van der Waals surface area contributed by atoms with Crippen molar-refractivity contribution in [2.75, 3.05) is 26.2 Å². The Morgan fingerprint density at radius 1 is 1.38 bits per heavy atom. The van der Waals surface area contributed by atoms with Gasteiger partial charge in [-0.15, -0.1) is 0 Å². The number of nitrogens with one attached hydrogen (secondary N) is 1. The standard InChI is InChI=1S/C19H24FN3O3/c20-17-6-13(18(24)21-25)5-12-3-4-22(8-16(12)17)10-19-7-15(9-26-19)23(11-19)14-1-2-14/h5-6,14-15,25H,1-4,7-11H2,(H,21,24)/t15-,19+/m0/s1. The van der Waals surface area contributed by atoms with Crippen LogP contribution in [0, 0.1) is 5.82 Å². The Labute approximate surface area is 151 Å². The van der Waals surface area contributed by atoms with Crippen LogP contribution in [0.4, 0.5) is 4.39 Å². The molecule has 5 rings (SSSR count). The molecule has 2 N–H and O–H groups in total.